The molecule has 5 rings (SSSR count). The predicted molar refractivity (Wildman–Crippen MR) is 416 cm³/mol. The molecule has 30 nitrogen and oxygen atoms in total. The number of benzene rings is 1. The van der Waals surface area contributed by atoms with Gasteiger partial charge in [-0.1, -0.05) is 139 Å². The van der Waals surface area contributed by atoms with Gasteiger partial charge in [-0.05, 0) is 84.1 Å². The molecule has 0 aliphatic carbocycles. The molecule has 36 heteroatoms. The maximum atomic E-state index is 13.3. The molecule has 1 aromatic rings. The summed E-state index contributed by atoms with van der Waals surface area (Å²) >= 11 is 16.6. The van der Waals surface area contributed by atoms with Crippen LogP contribution in [0.5, 0.6) is 0 Å². The van der Waals surface area contributed by atoms with E-state index in [1.807, 2.05) is 36.4 Å². The van der Waals surface area contributed by atoms with Gasteiger partial charge in [0.2, 0.25) is 70.9 Å². The Morgan fingerprint density at radius 1 is 0.425 bits per heavy atom. The van der Waals surface area contributed by atoms with Crippen LogP contribution in [0.3, 0.4) is 0 Å². The van der Waals surface area contributed by atoms with Gasteiger partial charge in [-0.25, -0.2) is 0 Å². The Morgan fingerprint density at radius 3 is 1.25 bits per heavy atom. The lowest BCUT2D eigenvalue weighted by atomic mass is 10.0. The largest absolute Gasteiger partial charge is 0.456 e. The molecule has 3 fully saturated rings. The summed E-state index contributed by atoms with van der Waals surface area (Å²) in [5.41, 5.74) is 0.794. The summed E-state index contributed by atoms with van der Waals surface area (Å²) in [5.74, 6) is -8.11. The molecule has 0 unspecified atom stereocenters. The number of amides is 12. The second-order valence-corrected chi connectivity index (χ2v) is 30.9. The second kappa shape index (κ2) is 49.5. The fourth-order valence-electron chi connectivity index (χ4n) is 10.2. The minimum Gasteiger partial charge on any atom is -0.456 e. The molecule has 0 aromatic heterocycles. The van der Waals surface area contributed by atoms with Crippen LogP contribution in [0.2, 0.25) is 0 Å². The average Bonchev–Trinajstić information content (AvgIpc) is 0.971. The summed E-state index contributed by atoms with van der Waals surface area (Å²) < 4.78 is 16.2. The molecule has 12 amide bonds. The number of carbonyl (C=O) groups is 15. The standard InChI is InChI=1S/C26H36N4O6S2.C22H34N4O6S2.C22H36N4O6S2/c1-16(2)23-26(35)27-14-22(32)36-18(10-6-7-11-37)13-21(31)28-19(12-17-8-4-3-5-9-17)24(33)29-20(15-38)25(34)30-23;1-12(2)18-21(30)23-10-17(28)32-14-7-5-6-8-33-34-11-15(20(29)26-18)24-22(31)19(13(3)4)25-16(27)9-14;1-12(2)18-21(30)23-10-17(28)32-14(7-5-6-8-33)9-16(27)25-19(13(3)4)22(31)24-15(11-34)20(29)26-18/h3-6,8-10,16,18-20,23,37-38H,7,11-15H2,1-2H3,(H,27,35)(H,28,31)(H,29,33)(H,30,34);5,7,12-15,18-19H,6,8-11H2,1-4H3,(H,23,30)(H,24,31)(H,25,27)(H,26,29);5,7,12-15,18-19,33-34H,6,8-11H2,1-4H3,(H,23,30)(H,24,31)(H,25,27)(H,26,29)/b10-6+;2*7-5+/t18-,19-,20-,23-;2*14-,15-,18-,19-/m111/s1. The zero-order valence-corrected chi connectivity index (χ0v) is 66.6. The van der Waals surface area contributed by atoms with Crippen molar-refractivity contribution in [1.82, 2.24) is 63.8 Å². The normalized spacial score (nSPS) is 26.6. The number of hydrogen-bond donors (Lipinski definition) is 16. The maximum Gasteiger partial charge on any atom is 0.326 e. The molecule has 1 aromatic carbocycles. The number of hydrogen-bond acceptors (Lipinski definition) is 24. The molecular formula is C70H106N12O18S6. The van der Waals surface area contributed by atoms with E-state index < -0.39 is 181 Å². The van der Waals surface area contributed by atoms with E-state index >= 15 is 0 Å². The van der Waals surface area contributed by atoms with Gasteiger partial charge in [0, 0.05) is 29.4 Å². The summed E-state index contributed by atoms with van der Waals surface area (Å²) in [6.45, 7) is 16.3. The molecule has 12 atom stereocenters. The third kappa shape index (κ3) is 34.7. The van der Waals surface area contributed by atoms with Crippen LogP contribution in [-0.2, 0) is 92.5 Å². The third-order valence-corrected chi connectivity index (χ3v) is 19.7. The molecule has 0 saturated carbocycles. The van der Waals surface area contributed by atoms with E-state index in [0.717, 1.165) is 11.3 Å². The van der Waals surface area contributed by atoms with Gasteiger partial charge in [0.1, 0.15) is 92.3 Å². The first-order valence-corrected chi connectivity index (χ1v) is 40.1. The van der Waals surface area contributed by atoms with Gasteiger partial charge in [-0.15, -0.1) is 0 Å². The van der Waals surface area contributed by atoms with E-state index in [1.165, 1.54) is 21.6 Å². The molecule has 0 radical (unpaired) electrons. The van der Waals surface area contributed by atoms with Crippen molar-refractivity contribution in [1.29, 1.82) is 0 Å². The van der Waals surface area contributed by atoms with Crippen LogP contribution in [0.4, 0.5) is 0 Å². The zero-order chi connectivity index (χ0) is 79.2. The number of thiol groups is 4. The fraction of sp³-hybridized carbons (Fsp3) is 0.614. The Hall–Kier alpha value is -7.41. The first kappa shape index (κ1) is 92.8. The average molecular weight is 1600 g/mol. The molecule has 4 aliphatic heterocycles. The monoisotopic (exact) mass is 1590 g/mol. The van der Waals surface area contributed by atoms with Crippen molar-refractivity contribution in [2.45, 2.75) is 187 Å². The van der Waals surface area contributed by atoms with Crippen molar-refractivity contribution in [3.63, 3.8) is 0 Å². The molecule has 4 heterocycles. The summed E-state index contributed by atoms with van der Waals surface area (Å²) in [6.07, 6.45) is 8.86. The highest BCUT2D eigenvalue weighted by Crippen LogP contribution is 2.24. The van der Waals surface area contributed by atoms with Crippen molar-refractivity contribution in [2.75, 3.05) is 54.2 Å². The molecule has 0 spiro atoms. The van der Waals surface area contributed by atoms with Crippen molar-refractivity contribution in [3.8, 4) is 0 Å². The van der Waals surface area contributed by atoms with Crippen molar-refractivity contribution < 1.29 is 86.1 Å². The van der Waals surface area contributed by atoms with Crippen LogP contribution in [-0.4, -0.2) is 216 Å². The Labute approximate surface area is 649 Å². The summed E-state index contributed by atoms with van der Waals surface area (Å²) in [6, 6.07) is 0.433. The molecule has 12 N–H and O–H groups in total. The van der Waals surface area contributed by atoms with Gasteiger partial charge in [-0.2, -0.15) is 50.5 Å². The van der Waals surface area contributed by atoms with Gasteiger partial charge >= 0.3 is 17.9 Å². The van der Waals surface area contributed by atoms with Gasteiger partial charge in [-0.3, -0.25) is 71.9 Å². The highest BCUT2D eigenvalue weighted by molar-refractivity contribution is 8.76. The molecular weight excluding hydrogens is 1490 g/mol. The van der Waals surface area contributed by atoms with Crippen molar-refractivity contribution >= 4 is 161 Å². The van der Waals surface area contributed by atoms with Crippen LogP contribution < -0.4 is 63.8 Å². The molecule has 2 bridgehead atoms. The number of cyclic esters (lactones) is 2. The number of rotatable bonds is 15. The lowest BCUT2D eigenvalue weighted by Crippen LogP contribution is -2.59. The Bertz CT molecular complexity index is 3240. The number of nitrogens with one attached hydrogen (secondary N) is 12. The SMILES string of the molecule is CC(C)[C@H]1NC(=O)C[C@@H](/C=C/CCS)OC(=O)CNC(=O)[C@@H](C(C)C)NC(=O)[C@@H](CS)NC1=O.CC(C)[C@H]1NC(=O)C[C@H]2/C=C/CCSSC[C@@H](NC1=O)C(=O)N[C@H](C(C)C)C(=O)NCC(=O)O2.CC(C)[C@H]1NC(=O)[C@@H](CS)NC(=O)[C@@H](Cc2ccccc2)NC(=O)C[C@@H](/C=C/CCS)OC(=O)CNC1=O. The first-order valence-electron chi connectivity index (χ1n) is 35.1. The number of ether oxygens (including phenoxy) is 3. The summed E-state index contributed by atoms with van der Waals surface area (Å²) in [7, 11) is 2.97. The Kier molecular flexibility index (Phi) is 43.4. The van der Waals surface area contributed by atoms with Crippen LogP contribution in [0, 0.1) is 29.6 Å². The van der Waals surface area contributed by atoms with E-state index in [1.54, 1.807) is 99.6 Å². The fourth-order valence-corrected chi connectivity index (χ4v) is 13.2. The Morgan fingerprint density at radius 2 is 0.811 bits per heavy atom. The number of esters is 3. The van der Waals surface area contributed by atoms with E-state index in [2.05, 4.69) is 114 Å². The van der Waals surface area contributed by atoms with Crippen LogP contribution in [0.25, 0.3) is 0 Å². The van der Waals surface area contributed by atoms with E-state index in [-0.39, 0.29) is 72.5 Å². The van der Waals surface area contributed by atoms with Crippen LogP contribution in [0.15, 0.2) is 66.8 Å². The van der Waals surface area contributed by atoms with E-state index in [0.29, 0.717) is 30.8 Å². The lowest BCUT2D eigenvalue weighted by molar-refractivity contribution is -0.149. The molecule has 590 valence electrons. The topological polar surface area (TPSA) is 428 Å². The molecule has 4 aliphatic rings. The number of carbonyl (C=O) groups excluding carboxylic acids is 15. The molecule has 3 saturated heterocycles. The maximum absolute atomic E-state index is 13.3. The number of fused-ring (bicyclic) bond motifs is 7. The first-order chi connectivity index (χ1) is 50.2. The highest BCUT2D eigenvalue weighted by Gasteiger charge is 2.37. The van der Waals surface area contributed by atoms with Gasteiger partial charge < -0.3 is 78.0 Å². The smallest absolute Gasteiger partial charge is 0.326 e. The quantitative estimate of drug-likeness (QED) is 0.0384. The second-order valence-electron chi connectivity index (χ2n) is 26.7. The van der Waals surface area contributed by atoms with E-state index in [9.17, 15) is 71.9 Å². The van der Waals surface area contributed by atoms with Gasteiger partial charge in [0.05, 0.1) is 19.3 Å². The van der Waals surface area contributed by atoms with Crippen LogP contribution >= 0.6 is 72.1 Å². The van der Waals surface area contributed by atoms with Crippen LogP contribution in [0.1, 0.15) is 113 Å². The molecule has 106 heavy (non-hydrogen) atoms. The Balaban J connectivity index is 0.000000414. The van der Waals surface area contributed by atoms with Crippen molar-refractivity contribution in [3.05, 3.63) is 72.4 Å². The summed E-state index contributed by atoms with van der Waals surface area (Å²) in [4.78, 5) is 192. The van der Waals surface area contributed by atoms with E-state index in [4.69, 9.17) is 14.2 Å². The minimum absolute atomic E-state index is 0.0207. The van der Waals surface area contributed by atoms with Gasteiger partial charge in [0.25, 0.3) is 0 Å². The number of allylic oxidation sites excluding steroid dienone is 3. The van der Waals surface area contributed by atoms with Crippen molar-refractivity contribution in [2.24, 2.45) is 29.6 Å². The zero-order valence-electron chi connectivity index (χ0n) is 61.4. The van der Waals surface area contributed by atoms with Gasteiger partial charge in [0.15, 0.2) is 0 Å². The lowest BCUT2D eigenvalue weighted by Gasteiger charge is -2.28. The summed E-state index contributed by atoms with van der Waals surface area (Å²) in [5, 5.41) is 31.4. The highest BCUT2D eigenvalue weighted by atomic mass is 33.1. The third-order valence-electron chi connectivity index (χ3n) is 16.0. The predicted octanol–water partition coefficient (Wildman–Crippen LogP) is 1.09. The minimum atomic E-state index is -1.06.